The van der Waals surface area contributed by atoms with Crippen molar-refractivity contribution >= 4 is 5.97 Å². The van der Waals surface area contributed by atoms with Gasteiger partial charge in [0.2, 0.25) is 0 Å². The fourth-order valence-electron chi connectivity index (χ4n) is 4.02. The third-order valence-corrected chi connectivity index (χ3v) is 5.75. The van der Waals surface area contributed by atoms with Crippen molar-refractivity contribution in [3.05, 3.63) is 54.1 Å². The Balaban J connectivity index is 1.82. The summed E-state index contributed by atoms with van der Waals surface area (Å²) in [6, 6.07) is 4.40. The van der Waals surface area contributed by atoms with Gasteiger partial charge in [0.1, 0.15) is 18.5 Å². The zero-order chi connectivity index (χ0) is 26.0. The minimum atomic E-state index is -4.49. The second-order valence-electron chi connectivity index (χ2n) is 9.04. The molecule has 9 heteroatoms. The van der Waals surface area contributed by atoms with E-state index in [0.717, 1.165) is 12.1 Å². The maximum absolute atomic E-state index is 12.8. The van der Waals surface area contributed by atoms with Gasteiger partial charge in [-0.15, -0.1) is 0 Å². The molecule has 0 spiro atoms. The number of ether oxygens (including phenoxy) is 2. The molecule has 0 heterocycles. The molecule has 1 aliphatic carbocycles. The zero-order valence-corrected chi connectivity index (χ0v) is 20.0. The molecule has 1 aliphatic rings. The van der Waals surface area contributed by atoms with Crippen molar-refractivity contribution in [2.24, 2.45) is 11.8 Å². The third-order valence-electron chi connectivity index (χ3n) is 5.75. The standard InChI is InChI=1S/C26H35F3O6/c1-17(2)35-25(33)11-6-4-3-5-10-21-22(24(32)15-23(21)31)13-12-19(30)16-34-20-9-7-8-18(14-20)26(27,28)29/h3,5,7-9,12-14,17,19,21-24,30-32H,4,6,10-11,15-16H2,1-2H3/b5-3-,13-12+. The fourth-order valence-corrected chi connectivity index (χ4v) is 4.02. The van der Waals surface area contributed by atoms with Crippen LogP contribution in [-0.2, 0) is 15.7 Å². The highest BCUT2D eigenvalue weighted by atomic mass is 19.4. The highest BCUT2D eigenvalue weighted by Crippen LogP contribution is 2.36. The molecule has 0 radical (unpaired) electrons. The summed E-state index contributed by atoms with van der Waals surface area (Å²) in [5.41, 5.74) is -0.838. The van der Waals surface area contributed by atoms with Crippen LogP contribution in [0.2, 0.25) is 0 Å². The quantitative estimate of drug-likeness (QED) is 0.223. The summed E-state index contributed by atoms with van der Waals surface area (Å²) >= 11 is 0. The summed E-state index contributed by atoms with van der Waals surface area (Å²) in [5, 5.41) is 30.8. The number of allylic oxidation sites excluding steroid dienone is 2. The summed E-state index contributed by atoms with van der Waals surface area (Å²) in [4.78, 5) is 11.5. The van der Waals surface area contributed by atoms with Crippen molar-refractivity contribution in [3.8, 4) is 5.75 Å². The predicted molar refractivity (Wildman–Crippen MR) is 125 cm³/mol. The van der Waals surface area contributed by atoms with Gasteiger partial charge in [0.25, 0.3) is 0 Å². The lowest BCUT2D eigenvalue weighted by Gasteiger charge is -2.19. The number of halogens is 3. The van der Waals surface area contributed by atoms with E-state index in [9.17, 15) is 33.3 Å². The van der Waals surface area contributed by atoms with Crippen LogP contribution in [0.4, 0.5) is 13.2 Å². The molecule has 1 aromatic rings. The summed E-state index contributed by atoms with van der Waals surface area (Å²) in [6.07, 6.45) is 2.09. The smallest absolute Gasteiger partial charge is 0.416 e. The normalized spacial score (nSPS) is 23.9. The first kappa shape index (κ1) is 28.9. The summed E-state index contributed by atoms with van der Waals surface area (Å²) < 4.78 is 48.8. The number of rotatable bonds is 12. The van der Waals surface area contributed by atoms with E-state index in [-0.39, 0.29) is 42.7 Å². The molecular weight excluding hydrogens is 465 g/mol. The van der Waals surface area contributed by atoms with Crippen LogP contribution in [-0.4, -0.2) is 52.3 Å². The average Bonchev–Trinajstić information content (AvgIpc) is 3.04. The van der Waals surface area contributed by atoms with Crippen molar-refractivity contribution in [2.45, 2.75) is 76.5 Å². The minimum absolute atomic E-state index is 0.0101. The lowest BCUT2D eigenvalue weighted by atomic mass is 9.89. The van der Waals surface area contributed by atoms with Gasteiger partial charge in [0.15, 0.2) is 0 Å². The molecule has 0 amide bonds. The first-order valence-corrected chi connectivity index (χ1v) is 11.8. The Kier molecular flexibility index (Phi) is 11.3. The molecule has 6 nitrogen and oxygen atoms in total. The number of esters is 1. The number of hydrogen-bond acceptors (Lipinski definition) is 6. The monoisotopic (exact) mass is 500 g/mol. The van der Waals surface area contributed by atoms with Gasteiger partial charge < -0.3 is 24.8 Å². The van der Waals surface area contributed by atoms with Crippen LogP contribution >= 0.6 is 0 Å². The molecule has 0 bridgehead atoms. The molecule has 35 heavy (non-hydrogen) atoms. The zero-order valence-electron chi connectivity index (χ0n) is 20.0. The Morgan fingerprint density at radius 1 is 1.20 bits per heavy atom. The number of alkyl halides is 3. The molecule has 196 valence electrons. The molecule has 2 rings (SSSR count). The van der Waals surface area contributed by atoms with Gasteiger partial charge in [-0.05, 0) is 57.2 Å². The molecule has 0 aromatic heterocycles. The number of carbonyl (C=O) groups is 1. The number of unbranched alkanes of at least 4 members (excludes halogenated alkanes) is 1. The van der Waals surface area contributed by atoms with Crippen LogP contribution in [0.25, 0.3) is 0 Å². The van der Waals surface area contributed by atoms with Gasteiger partial charge in [-0.1, -0.05) is 30.4 Å². The predicted octanol–water partition coefficient (Wildman–Crippen LogP) is 4.43. The van der Waals surface area contributed by atoms with Crippen LogP contribution in [0, 0.1) is 11.8 Å². The van der Waals surface area contributed by atoms with Gasteiger partial charge >= 0.3 is 12.1 Å². The molecule has 1 aromatic carbocycles. The average molecular weight is 501 g/mol. The molecule has 0 saturated heterocycles. The molecule has 1 fully saturated rings. The molecular formula is C26H35F3O6. The van der Waals surface area contributed by atoms with Crippen molar-refractivity contribution in [1.82, 2.24) is 0 Å². The van der Waals surface area contributed by atoms with Gasteiger partial charge in [0.05, 0.1) is 23.9 Å². The second kappa shape index (κ2) is 13.7. The lowest BCUT2D eigenvalue weighted by molar-refractivity contribution is -0.147. The lowest BCUT2D eigenvalue weighted by Crippen LogP contribution is -2.21. The molecule has 1 saturated carbocycles. The van der Waals surface area contributed by atoms with Gasteiger partial charge in [0, 0.05) is 18.8 Å². The minimum Gasteiger partial charge on any atom is -0.491 e. The van der Waals surface area contributed by atoms with Gasteiger partial charge in [-0.3, -0.25) is 4.79 Å². The van der Waals surface area contributed by atoms with E-state index in [1.54, 1.807) is 19.9 Å². The molecule has 5 atom stereocenters. The number of benzene rings is 1. The van der Waals surface area contributed by atoms with E-state index in [4.69, 9.17) is 9.47 Å². The fraction of sp³-hybridized carbons (Fsp3) is 0.577. The highest BCUT2D eigenvalue weighted by molar-refractivity contribution is 5.69. The number of aliphatic hydroxyl groups is 3. The van der Waals surface area contributed by atoms with Crippen molar-refractivity contribution in [1.29, 1.82) is 0 Å². The van der Waals surface area contributed by atoms with Crippen LogP contribution in [0.15, 0.2) is 48.6 Å². The SMILES string of the molecule is CC(C)OC(=O)CCC/C=C\CC1C(O)CC(O)C1/C=C/C(O)COc1cccc(C(F)(F)F)c1. The van der Waals surface area contributed by atoms with Gasteiger partial charge in [-0.25, -0.2) is 0 Å². The summed E-state index contributed by atoms with van der Waals surface area (Å²) in [6.45, 7) is 3.34. The maximum atomic E-state index is 12.8. The number of hydrogen-bond donors (Lipinski definition) is 3. The van der Waals surface area contributed by atoms with E-state index in [2.05, 4.69) is 0 Å². The van der Waals surface area contributed by atoms with E-state index >= 15 is 0 Å². The first-order valence-electron chi connectivity index (χ1n) is 11.8. The Morgan fingerprint density at radius 2 is 1.94 bits per heavy atom. The number of aliphatic hydroxyl groups excluding tert-OH is 3. The Morgan fingerprint density at radius 3 is 2.63 bits per heavy atom. The van der Waals surface area contributed by atoms with Crippen LogP contribution in [0.5, 0.6) is 5.75 Å². The van der Waals surface area contributed by atoms with Crippen LogP contribution in [0.1, 0.15) is 51.5 Å². The second-order valence-corrected chi connectivity index (χ2v) is 9.04. The van der Waals surface area contributed by atoms with Gasteiger partial charge in [-0.2, -0.15) is 13.2 Å². The molecule has 5 unspecified atom stereocenters. The molecule has 3 N–H and O–H groups in total. The van der Waals surface area contributed by atoms with Crippen molar-refractivity contribution in [3.63, 3.8) is 0 Å². The Bertz CT molecular complexity index is 852. The van der Waals surface area contributed by atoms with Crippen molar-refractivity contribution < 1.29 is 42.8 Å². The summed E-state index contributed by atoms with van der Waals surface area (Å²) in [5.74, 6) is -0.883. The number of carbonyl (C=O) groups excluding carboxylic acids is 1. The Labute approximate surface area is 204 Å². The van der Waals surface area contributed by atoms with E-state index in [0.29, 0.717) is 25.7 Å². The topological polar surface area (TPSA) is 96.2 Å². The van der Waals surface area contributed by atoms with Crippen molar-refractivity contribution in [2.75, 3.05) is 6.61 Å². The van der Waals surface area contributed by atoms with Crippen LogP contribution in [0.3, 0.4) is 0 Å². The van der Waals surface area contributed by atoms with E-state index in [1.807, 2.05) is 12.2 Å². The largest absolute Gasteiger partial charge is 0.491 e. The first-order chi connectivity index (χ1) is 16.5. The maximum Gasteiger partial charge on any atom is 0.416 e. The third kappa shape index (κ3) is 10.0. The summed E-state index contributed by atoms with van der Waals surface area (Å²) in [7, 11) is 0. The highest BCUT2D eigenvalue weighted by Gasteiger charge is 2.39. The van der Waals surface area contributed by atoms with E-state index < -0.39 is 30.1 Å². The van der Waals surface area contributed by atoms with E-state index in [1.165, 1.54) is 18.2 Å². The molecule has 0 aliphatic heterocycles. The Hall–Kier alpha value is -2.36. The van der Waals surface area contributed by atoms with Crippen LogP contribution < -0.4 is 4.74 Å².